The molecule has 0 N–H and O–H groups in total. The normalized spacial score (nSPS) is 11.1. The van der Waals surface area contributed by atoms with Crippen molar-refractivity contribution in [2.45, 2.75) is 41.5 Å². The van der Waals surface area contributed by atoms with Crippen molar-refractivity contribution >= 4 is 33.0 Å². The second-order valence-electron chi connectivity index (χ2n) is 5.24. The molecule has 18 heavy (non-hydrogen) atoms. The first-order valence-corrected chi connectivity index (χ1v) is 7.41. The number of hydrogen-bond acceptors (Lipinski definition) is 1. The van der Waals surface area contributed by atoms with Gasteiger partial charge in [-0.15, -0.1) is 0 Å². The van der Waals surface area contributed by atoms with Gasteiger partial charge in [0.2, 0.25) is 0 Å². The Labute approximate surface area is 125 Å². The summed E-state index contributed by atoms with van der Waals surface area (Å²) in [7, 11) is 0.411. The standard InChI is InChI=1S/C15H23OP.Li/c1-9(2)8-17-15(16)14-11(4)7-10(3)12(5)13(14)6;/h7,9,17H,8H2,1-6H3;. The average Bonchev–Trinajstić information content (AvgIpc) is 2.23. The number of rotatable bonds is 4. The molecule has 1 aromatic carbocycles. The van der Waals surface area contributed by atoms with Crippen LogP contribution in [0.25, 0.3) is 0 Å². The molecule has 0 saturated carbocycles. The van der Waals surface area contributed by atoms with E-state index in [9.17, 15) is 4.79 Å². The number of benzene rings is 1. The van der Waals surface area contributed by atoms with Gasteiger partial charge in [-0.25, -0.2) is 0 Å². The van der Waals surface area contributed by atoms with Crippen LogP contribution in [0, 0.1) is 33.6 Å². The third kappa shape index (κ3) is 4.24. The van der Waals surface area contributed by atoms with E-state index in [4.69, 9.17) is 0 Å². The molecule has 1 atom stereocenters. The van der Waals surface area contributed by atoms with Crippen LogP contribution in [0.4, 0.5) is 0 Å². The maximum absolute atomic E-state index is 12.3. The van der Waals surface area contributed by atoms with Crippen LogP contribution in [0.15, 0.2) is 6.07 Å². The summed E-state index contributed by atoms with van der Waals surface area (Å²) in [6, 6.07) is 2.13. The fourth-order valence-electron chi connectivity index (χ4n) is 2.02. The number of hydrogen-bond donors (Lipinski definition) is 0. The molecule has 1 radical (unpaired) electrons. The molecule has 0 saturated heterocycles. The SMILES string of the molecule is Cc1cc(C)c(C(=O)PCC(C)C)c(C)c1C.[Li]. The van der Waals surface area contributed by atoms with Crippen molar-refractivity contribution in [3.63, 3.8) is 0 Å². The van der Waals surface area contributed by atoms with Gasteiger partial charge in [0.25, 0.3) is 0 Å². The molecule has 1 nitrogen and oxygen atoms in total. The molecule has 0 heterocycles. The maximum Gasteiger partial charge on any atom is 0.181 e. The zero-order valence-electron chi connectivity index (χ0n) is 12.8. The summed E-state index contributed by atoms with van der Waals surface area (Å²) in [4.78, 5) is 12.3. The molecule has 0 amide bonds. The van der Waals surface area contributed by atoms with Crippen molar-refractivity contribution in [2.75, 3.05) is 6.16 Å². The van der Waals surface area contributed by atoms with Crippen LogP contribution in [0.3, 0.4) is 0 Å². The van der Waals surface area contributed by atoms with Crippen molar-refractivity contribution in [1.82, 2.24) is 0 Å². The van der Waals surface area contributed by atoms with Crippen molar-refractivity contribution in [2.24, 2.45) is 5.92 Å². The molecule has 0 fully saturated rings. The maximum atomic E-state index is 12.3. The first kappa shape index (κ1) is 17.9. The third-order valence-electron chi connectivity index (χ3n) is 3.25. The van der Waals surface area contributed by atoms with Gasteiger partial charge in [-0.3, -0.25) is 4.79 Å². The van der Waals surface area contributed by atoms with Crippen LogP contribution < -0.4 is 0 Å². The Balaban J connectivity index is 0.00000289. The van der Waals surface area contributed by atoms with Crippen LogP contribution in [0.5, 0.6) is 0 Å². The van der Waals surface area contributed by atoms with Gasteiger partial charge in [-0.2, -0.15) is 0 Å². The van der Waals surface area contributed by atoms with E-state index in [1.165, 1.54) is 16.7 Å². The molecule has 1 rings (SSSR count). The summed E-state index contributed by atoms with van der Waals surface area (Å²) >= 11 is 0. The Kier molecular flexibility index (Phi) is 7.46. The zero-order chi connectivity index (χ0) is 13.2. The predicted octanol–water partition coefficient (Wildman–Crippen LogP) is 4.01. The summed E-state index contributed by atoms with van der Waals surface area (Å²) in [5.74, 6) is 0.601. The smallest absolute Gasteiger partial charge is 0.181 e. The van der Waals surface area contributed by atoms with Gasteiger partial charge in [-0.1, -0.05) is 19.9 Å². The molecular weight excluding hydrogens is 234 g/mol. The Hall–Kier alpha value is -0.0826. The van der Waals surface area contributed by atoms with Crippen molar-refractivity contribution < 1.29 is 4.79 Å². The quantitative estimate of drug-likeness (QED) is 0.588. The topological polar surface area (TPSA) is 17.1 Å². The molecule has 1 aromatic rings. The fourth-order valence-corrected chi connectivity index (χ4v) is 3.17. The molecule has 0 aliphatic rings. The molecule has 95 valence electrons. The van der Waals surface area contributed by atoms with Crippen LogP contribution in [0.1, 0.15) is 46.5 Å². The van der Waals surface area contributed by atoms with E-state index in [0.717, 1.165) is 17.3 Å². The van der Waals surface area contributed by atoms with Gasteiger partial charge in [0.1, 0.15) is 0 Å². The molecule has 1 unspecified atom stereocenters. The number of carbonyl (C=O) groups is 1. The molecule has 0 spiro atoms. The summed E-state index contributed by atoms with van der Waals surface area (Å²) in [5.41, 5.74) is 6.14. The predicted molar refractivity (Wildman–Crippen MR) is 83.5 cm³/mol. The van der Waals surface area contributed by atoms with Crippen molar-refractivity contribution in [1.29, 1.82) is 0 Å². The Bertz CT molecular complexity index is 439. The minimum Gasteiger partial charge on any atom is -0.289 e. The van der Waals surface area contributed by atoms with Gasteiger partial charge in [-0.05, 0) is 70.6 Å². The van der Waals surface area contributed by atoms with E-state index < -0.39 is 0 Å². The summed E-state index contributed by atoms with van der Waals surface area (Å²) in [6.07, 6.45) is 1.00. The zero-order valence-corrected chi connectivity index (χ0v) is 13.8. The molecule has 0 bridgehead atoms. The summed E-state index contributed by atoms with van der Waals surface area (Å²) < 4.78 is 0. The Morgan fingerprint density at radius 3 is 2.17 bits per heavy atom. The first-order valence-electron chi connectivity index (χ1n) is 6.20. The van der Waals surface area contributed by atoms with E-state index in [1.807, 2.05) is 6.92 Å². The second kappa shape index (κ2) is 7.49. The minimum absolute atomic E-state index is 0. The van der Waals surface area contributed by atoms with Gasteiger partial charge in [0, 0.05) is 24.4 Å². The Morgan fingerprint density at radius 1 is 1.11 bits per heavy atom. The average molecular weight is 257 g/mol. The largest absolute Gasteiger partial charge is 0.289 e. The van der Waals surface area contributed by atoms with Crippen LogP contribution in [-0.4, -0.2) is 30.5 Å². The van der Waals surface area contributed by atoms with E-state index in [-0.39, 0.29) is 18.9 Å². The third-order valence-corrected chi connectivity index (χ3v) is 4.85. The summed E-state index contributed by atoms with van der Waals surface area (Å²) in [5, 5.41) is 0. The van der Waals surface area contributed by atoms with E-state index in [2.05, 4.69) is 40.7 Å². The van der Waals surface area contributed by atoms with Crippen LogP contribution in [-0.2, 0) is 0 Å². The van der Waals surface area contributed by atoms with E-state index in [1.54, 1.807) is 0 Å². The molecule has 0 aliphatic carbocycles. The second-order valence-corrected chi connectivity index (χ2v) is 6.46. The fraction of sp³-hybridized carbons (Fsp3) is 0.533. The van der Waals surface area contributed by atoms with Gasteiger partial charge in [0.05, 0.1) is 0 Å². The van der Waals surface area contributed by atoms with E-state index in [0.29, 0.717) is 20.0 Å². The number of aryl methyl sites for hydroxylation is 2. The van der Waals surface area contributed by atoms with Crippen molar-refractivity contribution in [3.8, 4) is 0 Å². The first-order chi connectivity index (χ1) is 7.84. The molecule has 0 aliphatic heterocycles. The molecular formula is C15H23LiOP. The van der Waals surface area contributed by atoms with Gasteiger partial charge in [0.15, 0.2) is 5.52 Å². The minimum atomic E-state index is 0. The van der Waals surface area contributed by atoms with E-state index >= 15 is 0 Å². The van der Waals surface area contributed by atoms with Crippen LogP contribution >= 0.6 is 8.58 Å². The molecule has 3 heteroatoms. The van der Waals surface area contributed by atoms with Crippen LogP contribution in [0.2, 0.25) is 0 Å². The Morgan fingerprint density at radius 2 is 1.67 bits per heavy atom. The van der Waals surface area contributed by atoms with Gasteiger partial charge >= 0.3 is 0 Å². The molecule has 0 aromatic heterocycles. The van der Waals surface area contributed by atoms with Crippen molar-refractivity contribution in [3.05, 3.63) is 33.9 Å². The summed E-state index contributed by atoms with van der Waals surface area (Å²) in [6.45, 7) is 12.7. The van der Waals surface area contributed by atoms with Gasteiger partial charge < -0.3 is 0 Å². The monoisotopic (exact) mass is 257 g/mol. The number of carbonyl (C=O) groups excluding carboxylic acids is 1.